The first-order valence-electron chi connectivity index (χ1n) is 4.88. The lowest BCUT2D eigenvalue weighted by Crippen LogP contribution is -2.36. The molecule has 0 saturated carbocycles. The number of carbonyl (C=O) groups excluding carboxylic acids is 1. The fourth-order valence-electron chi connectivity index (χ4n) is 1.25. The third-order valence-electron chi connectivity index (χ3n) is 2.20. The van der Waals surface area contributed by atoms with Crippen molar-refractivity contribution in [2.24, 2.45) is 7.05 Å². The summed E-state index contributed by atoms with van der Waals surface area (Å²) in [6.07, 6.45) is -3.81. The van der Waals surface area contributed by atoms with E-state index in [9.17, 15) is 23.7 Å². The summed E-state index contributed by atoms with van der Waals surface area (Å²) < 4.78 is 25.1. The van der Waals surface area contributed by atoms with Crippen LogP contribution in [0.15, 0.2) is 12.3 Å². The number of carbonyl (C=O) groups is 1. The monoisotopic (exact) mass is 263 g/mol. The van der Waals surface area contributed by atoms with Gasteiger partial charge in [-0.1, -0.05) is 0 Å². The smallest absolute Gasteiger partial charge is 0.287 e. The fraction of sp³-hybridized carbons (Fsp3) is 0.444. The highest BCUT2D eigenvalue weighted by Crippen LogP contribution is 2.15. The molecule has 1 amide bonds. The molecule has 1 atom stereocenters. The standard InChI is InChI=1S/C9H11F2N3O4/c1-13-4-5(14(17)18)2-6(13)9(16)12-3-7(15)8(10)11/h2,4,7-8,15H,3H2,1H3,(H,12,16). The number of hydrogen-bond donors (Lipinski definition) is 2. The maximum atomic E-state index is 12.0. The Labute approximate surface area is 100 Å². The van der Waals surface area contributed by atoms with Gasteiger partial charge in [-0.25, -0.2) is 8.78 Å². The van der Waals surface area contributed by atoms with Crippen molar-refractivity contribution in [2.45, 2.75) is 12.5 Å². The van der Waals surface area contributed by atoms with E-state index in [0.29, 0.717) is 0 Å². The van der Waals surface area contributed by atoms with Gasteiger partial charge in [-0.05, 0) is 0 Å². The van der Waals surface area contributed by atoms with E-state index in [1.165, 1.54) is 11.6 Å². The van der Waals surface area contributed by atoms with Crippen molar-refractivity contribution < 1.29 is 23.6 Å². The maximum absolute atomic E-state index is 12.0. The van der Waals surface area contributed by atoms with Crippen molar-refractivity contribution in [2.75, 3.05) is 6.54 Å². The molecule has 1 aromatic rings. The number of halogens is 2. The van der Waals surface area contributed by atoms with E-state index in [1.807, 2.05) is 0 Å². The van der Waals surface area contributed by atoms with Gasteiger partial charge in [0, 0.05) is 19.7 Å². The molecule has 0 aliphatic rings. The summed E-state index contributed by atoms with van der Waals surface area (Å²) in [5.74, 6) is -0.773. The summed E-state index contributed by atoms with van der Waals surface area (Å²) >= 11 is 0. The number of aliphatic hydroxyl groups excluding tert-OH is 1. The number of nitro groups is 1. The van der Waals surface area contributed by atoms with E-state index in [1.54, 1.807) is 0 Å². The molecule has 0 fully saturated rings. The molecule has 1 heterocycles. The number of nitrogens with zero attached hydrogens (tertiary/aromatic N) is 2. The van der Waals surface area contributed by atoms with E-state index in [0.717, 1.165) is 12.3 Å². The van der Waals surface area contributed by atoms with Crippen LogP contribution in [0.5, 0.6) is 0 Å². The SMILES string of the molecule is Cn1cc([N+](=O)[O-])cc1C(=O)NCC(O)C(F)F. The highest BCUT2D eigenvalue weighted by atomic mass is 19.3. The van der Waals surface area contributed by atoms with Crippen molar-refractivity contribution in [3.05, 3.63) is 28.1 Å². The van der Waals surface area contributed by atoms with Gasteiger partial charge in [0.1, 0.15) is 11.8 Å². The van der Waals surface area contributed by atoms with Crippen molar-refractivity contribution in [1.82, 2.24) is 9.88 Å². The lowest BCUT2D eigenvalue weighted by Gasteiger charge is -2.10. The number of amides is 1. The van der Waals surface area contributed by atoms with Crippen LogP contribution in [-0.2, 0) is 7.05 Å². The lowest BCUT2D eigenvalue weighted by atomic mass is 10.3. The second kappa shape index (κ2) is 5.54. The number of aromatic nitrogens is 1. The van der Waals surface area contributed by atoms with Crippen molar-refractivity contribution in [1.29, 1.82) is 0 Å². The number of nitrogens with one attached hydrogen (secondary N) is 1. The Morgan fingerprint density at radius 3 is 2.72 bits per heavy atom. The topological polar surface area (TPSA) is 97.4 Å². The predicted molar refractivity (Wildman–Crippen MR) is 56.4 cm³/mol. The summed E-state index contributed by atoms with van der Waals surface area (Å²) in [7, 11) is 1.41. The number of alkyl halides is 2. The quantitative estimate of drug-likeness (QED) is 0.589. The van der Waals surface area contributed by atoms with Gasteiger partial charge in [0.15, 0.2) is 0 Å². The first kappa shape index (κ1) is 14.0. The number of hydrogen-bond acceptors (Lipinski definition) is 4. The van der Waals surface area contributed by atoms with Crippen LogP contribution in [0.3, 0.4) is 0 Å². The normalized spacial score (nSPS) is 12.5. The van der Waals surface area contributed by atoms with E-state index in [2.05, 4.69) is 5.32 Å². The highest BCUT2D eigenvalue weighted by Gasteiger charge is 2.21. The van der Waals surface area contributed by atoms with Crippen LogP contribution in [-0.4, -0.2) is 39.6 Å². The Hall–Kier alpha value is -2.03. The Morgan fingerprint density at radius 2 is 2.28 bits per heavy atom. The van der Waals surface area contributed by atoms with Crippen LogP contribution < -0.4 is 5.32 Å². The minimum Gasteiger partial charge on any atom is -0.385 e. The Balaban J connectivity index is 2.70. The summed E-state index contributed by atoms with van der Waals surface area (Å²) in [5.41, 5.74) is -0.333. The van der Waals surface area contributed by atoms with E-state index in [-0.39, 0.29) is 11.4 Å². The zero-order chi connectivity index (χ0) is 13.9. The molecule has 7 nitrogen and oxygen atoms in total. The van der Waals surface area contributed by atoms with Crippen molar-refractivity contribution in [3.8, 4) is 0 Å². The van der Waals surface area contributed by atoms with Crippen LogP contribution in [0, 0.1) is 10.1 Å². The average Bonchev–Trinajstić information content (AvgIpc) is 2.67. The van der Waals surface area contributed by atoms with E-state index in [4.69, 9.17) is 5.11 Å². The lowest BCUT2D eigenvalue weighted by molar-refractivity contribution is -0.384. The van der Waals surface area contributed by atoms with E-state index >= 15 is 0 Å². The van der Waals surface area contributed by atoms with Crippen LogP contribution in [0.2, 0.25) is 0 Å². The molecule has 0 radical (unpaired) electrons. The molecule has 0 saturated heterocycles. The van der Waals surface area contributed by atoms with Crippen LogP contribution in [0.4, 0.5) is 14.5 Å². The van der Waals surface area contributed by atoms with Gasteiger partial charge in [-0.15, -0.1) is 0 Å². The molecular weight excluding hydrogens is 252 g/mol. The first-order valence-corrected chi connectivity index (χ1v) is 4.88. The molecule has 0 aliphatic heterocycles. The van der Waals surface area contributed by atoms with Gasteiger partial charge < -0.3 is 15.0 Å². The van der Waals surface area contributed by atoms with E-state index < -0.39 is 29.9 Å². The Kier molecular flexibility index (Phi) is 4.32. The largest absolute Gasteiger partial charge is 0.385 e. The first-order chi connectivity index (χ1) is 8.32. The third-order valence-corrected chi connectivity index (χ3v) is 2.20. The van der Waals surface area contributed by atoms with Crippen LogP contribution >= 0.6 is 0 Å². The molecule has 100 valence electrons. The maximum Gasteiger partial charge on any atom is 0.287 e. The van der Waals surface area contributed by atoms with Gasteiger partial charge in [0.25, 0.3) is 18.0 Å². The Bertz CT molecular complexity index is 461. The summed E-state index contributed by atoms with van der Waals surface area (Å²) in [6.45, 7) is -0.629. The summed E-state index contributed by atoms with van der Waals surface area (Å²) in [6, 6.07) is 1.02. The van der Waals surface area contributed by atoms with Crippen LogP contribution in [0.25, 0.3) is 0 Å². The van der Waals surface area contributed by atoms with Gasteiger partial charge in [-0.2, -0.15) is 0 Å². The summed E-state index contributed by atoms with van der Waals surface area (Å²) in [4.78, 5) is 21.3. The molecule has 18 heavy (non-hydrogen) atoms. The molecule has 0 aromatic carbocycles. The summed E-state index contributed by atoms with van der Waals surface area (Å²) in [5, 5.41) is 21.3. The minimum atomic E-state index is -2.96. The Morgan fingerprint density at radius 1 is 1.67 bits per heavy atom. The zero-order valence-corrected chi connectivity index (χ0v) is 9.34. The second-order valence-corrected chi connectivity index (χ2v) is 3.56. The predicted octanol–water partition coefficient (Wildman–Crippen LogP) is 0.289. The minimum absolute atomic E-state index is 0.0526. The molecule has 1 aromatic heterocycles. The molecule has 2 N–H and O–H groups in total. The zero-order valence-electron chi connectivity index (χ0n) is 9.34. The van der Waals surface area contributed by atoms with Gasteiger partial charge in [0.05, 0.1) is 11.1 Å². The second-order valence-electron chi connectivity index (χ2n) is 3.56. The van der Waals surface area contributed by atoms with Crippen LogP contribution in [0.1, 0.15) is 10.5 Å². The fourth-order valence-corrected chi connectivity index (χ4v) is 1.25. The molecule has 0 aliphatic carbocycles. The number of aryl methyl sites for hydroxylation is 1. The average molecular weight is 263 g/mol. The van der Waals surface area contributed by atoms with Gasteiger partial charge in [0.2, 0.25) is 0 Å². The third kappa shape index (κ3) is 3.23. The number of aliphatic hydroxyl groups is 1. The molecule has 1 unspecified atom stereocenters. The molecule has 1 rings (SSSR count). The molecule has 0 bridgehead atoms. The molecule has 9 heteroatoms. The van der Waals surface area contributed by atoms with Crippen molar-refractivity contribution >= 4 is 11.6 Å². The number of rotatable bonds is 5. The highest BCUT2D eigenvalue weighted by molar-refractivity contribution is 5.93. The molecule has 0 spiro atoms. The van der Waals surface area contributed by atoms with Crippen molar-refractivity contribution in [3.63, 3.8) is 0 Å². The van der Waals surface area contributed by atoms with Gasteiger partial charge in [-0.3, -0.25) is 14.9 Å². The van der Waals surface area contributed by atoms with Gasteiger partial charge >= 0.3 is 0 Å². The molecular formula is C9H11F2N3O4.